The number of aromatic nitrogens is 6. The van der Waals surface area contributed by atoms with E-state index in [0.29, 0.717) is 24.3 Å². The molecule has 0 aliphatic carbocycles. The first-order valence-electron chi connectivity index (χ1n) is 10.0. The zero-order chi connectivity index (χ0) is 23.3. The largest absolute Gasteiger partial charge is 0.419 e. The van der Waals surface area contributed by atoms with Crippen LogP contribution in [0.2, 0.25) is 0 Å². The number of nitrogens with zero attached hydrogens (tertiary/aromatic N) is 7. The van der Waals surface area contributed by atoms with Crippen molar-refractivity contribution >= 4 is 11.9 Å². The molecule has 0 aliphatic rings. The van der Waals surface area contributed by atoms with Gasteiger partial charge in [0, 0.05) is 37.2 Å². The molecule has 12 heteroatoms. The minimum Gasteiger partial charge on any atom is -0.352 e. The third-order valence-corrected chi connectivity index (χ3v) is 4.84. The number of amides is 1. The molecule has 1 atom stereocenters. The van der Waals surface area contributed by atoms with Crippen molar-refractivity contribution in [3.05, 3.63) is 53.9 Å². The molecule has 0 saturated heterocycles. The average Bonchev–Trinajstić information content (AvgIpc) is 3.30. The lowest BCUT2D eigenvalue weighted by Gasteiger charge is -2.30. The number of likely N-dealkylation sites (N-methyl/N-ethyl adjacent to an activating group) is 1. The fraction of sp³-hybridized carbons (Fsp3) is 0.400. The molecule has 3 aromatic heterocycles. The Hall–Kier alpha value is -3.57. The minimum atomic E-state index is -4.50. The van der Waals surface area contributed by atoms with Gasteiger partial charge in [-0.2, -0.15) is 23.4 Å². The first kappa shape index (κ1) is 23.1. The number of carbonyl (C=O) groups excluding carboxylic acids is 1. The van der Waals surface area contributed by atoms with Crippen LogP contribution in [0.3, 0.4) is 0 Å². The van der Waals surface area contributed by atoms with E-state index < -0.39 is 11.7 Å². The van der Waals surface area contributed by atoms with Gasteiger partial charge in [-0.1, -0.05) is 6.92 Å². The van der Waals surface area contributed by atoms with Gasteiger partial charge in [0.1, 0.15) is 5.69 Å². The smallest absolute Gasteiger partial charge is 0.352 e. The number of anilines is 1. The van der Waals surface area contributed by atoms with E-state index in [1.165, 1.54) is 17.2 Å². The summed E-state index contributed by atoms with van der Waals surface area (Å²) in [7, 11) is 0. The van der Waals surface area contributed by atoms with Gasteiger partial charge in [-0.15, -0.1) is 4.80 Å². The monoisotopic (exact) mass is 448 g/mol. The van der Waals surface area contributed by atoms with E-state index in [1.807, 2.05) is 13.8 Å². The molecule has 0 radical (unpaired) electrons. The molecule has 0 saturated carbocycles. The molecule has 1 N–H and O–H groups in total. The van der Waals surface area contributed by atoms with Gasteiger partial charge in [-0.25, -0.2) is 15.0 Å². The topological polar surface area (TPSA) is 102 Å². The van der Waals surface area contributed by atoms with E-state index >= 15 is 0 Å². The molecule has 1 amide bonds. The molecular formula is C20H23F3N8O. The van der Waals surface area contributed by atoms with Crippen molar-refractivity contribution in [2.45, 2.75) is 39.4 Å². The third-order valence-electron chi connectivity index (χ3n) is 4.84. The molecule has 3 rings (SSSR count). The van der Waals surface area contributed by atoms with Gasteiger partial charge in [0.25, 0.3) is 5.91 Å². The highest BCUT2D eigenvalue weighted by atomic mass is 19.4. The Bertz CT molecular complexity index is 1040. The van der Waals surface area contributed by atoms with Crippen LogP contribution >= 0.6 is 0 Å². The zero-order valence-electron chi connectivity index (χ0n) is 17.8. The van der Waals surface area contributed by atoms with Crippen LogP contribution in [-0.4, -0.2) is 59.9 Å². The van der Waals surface area contributed by atoms with E-state index in [2.05, 4.69) is 30.5 Å². The second-order valence-corrected chi connectivity index (χ2v) is 6.97. The Morgan fingerprint density at radius 2 is 1.81 bits per heavy atom. The Kier molecular flexibility index (Phi) is 7.01. The molecule has 32 heavy (non-hydrogen) atoms. The van der Waals surface area contributed by atoms with Crippen LogP contribution in [0.4, 0.5) is 19.1 Å². The van der Waals surface area contributed by atoms with Crippen molar-refractivity contribution < 1.29 is 18.0 Å². The fourth-order valence-corrected chi connectivity index (χ4v) is 3.16. The van der Waals surface area contributed by atoms with Crippen LogP contribution in [-0.2, 0) is 6.18 Å². The van der Waals surface area contributed by atoms with Crippen LogP contribution in [0.15, 0.2) is 36.9 Å². The molecular weight excluding hydrogens is 425 g/mol. The lowest BCUT2D eigenvalue weighted by Crippen LogP contribution is -2.44. The van der Waals surface area contributed by atoms with E-state index in [-0.39, 0.29) is 30.1 Å². The predicted octanol–water partition coefficient (Wildman–Crippen LogP) is 3.13. The lowest BCUT2D eigenvalue weighted by atomic mass is 10.1. The maximum Gasteiger partial charge on any atom is 0.419 e. The normalized spacial score (nSPS) is 12.4. The average molecular weight is 448 g/mol. The Balaban J connectivity index is 1.79. The molecule has 0 bridgehead atoms. The van der Waals surface area contributed by atoms with Crippen molar-refractivity contribution in [3.8, 4) is 5.69 Å². The van der Waals surface area contributed by atoms with Crippen molar-refractivity contribution in [1.29, 1.82) is 0 Å². The maximum absolute atomic E-state index is 13.4. The van der Waals surface area contributed by atoms with Crippen molar-refractivity contribution in [2.75, 3.05) is 18.4 Å². The molecule has 0 unspecified atom stereocenters. The first-order valence-corrected chi connectivity index (χ1v) is 10.0. The van der Waals surface area contributed by atoms with Gasteiger partial charge in [0.05, 0.1) is 18.0 Å². The fourth-order valence-electron chi connectivity index (χ4n) is 3.16. The van der Waals surface area contributed by atoms with Crippen LogP contribution < -0.4 is 5.32 Å². The number of halogens is 3. The summed E-state index contributed by atoms with van der Waals surface area (Å²) in [5, 5.41) is 11.1. The number of hydrogen-bond acceptors (Lipinski definition) is 7. The van der Waals surface area contributed by atoms with Gasteiger partial charge in [-0.3, -0.25) is 4.79 Å². The SMILES string of the molecule is CC[C@@H](CNc1ncc(C(F)(F)F)cn1)N(CC)C(=O)c1nc(C)ccc1-n1nccn1. The standard InChI is InChI=1S/C20H23F3N8O/c1-4-15(12-26-19-24-10-14(11-25-19)20(21,22)23)30(5-2)18(32)17-16(7-6-13(3)29-17)31-27-8-9-28-31/h6-11,15H,4-5,12H2,1-3H3,(H,24,25,26)/t15-/m0/s1. The van der Waals surface area contributed by atoms with Crippen molar-refractivity contribution in [1.82, 2.24) is 34.8 Å². The summed E-state index contributed by atoms with van der Waals surface area (Å²) in [5.41, 5.74) is 0.417. The molecule has 0 fully saturated rings. The molecule has 9 nitrogen and oxygen atoms in total. The Labute approximate surface area is 182 Å². The van der Waals surface area contributed by atoms with Gasteiger partial charge < -0.3 is 10.2 Å². The van der Waals surface area contributed by atoms with Gasteiger partial charge in [-0.05, 0) is 32.4 Å². The third kappa shape index (κ3) is 5.18. The van der Waals surface area contributed by atoms with E-state index in [0.717, 1.165) is 12.4 Å². The van der Waals surface area contributed by atoms with Gasteiger partial charge in [0.15, 0.2) is 5.69 Å². The van der Waals surface area contributed by atoms with Gasteiger partial charge >= 0.3 is 6.18 Å². The molecule has 0 aliphatic heterocycles. The number of nitrogens with one attached hydrogen (secondary N) is 1. The number of carbonyl (C=O) groups is 1. The summed E-state index contributed by atoms with van der Waals surface area (Å²) in [4.78, 5) is 28.3. The summed E-state index contributed by atoms with van der Waals surface area (Å²) < 4.78 is 38.1. The maximum atomic E-state index is 13.4. The van der Waals surface area contributed by atoms with E-state index in [1.54, 1.807) is 24.0 Å². The van der Waals surface area contributed by atoms with Crippen LogP contribution in [0.25, 0.3) is 5.69 Å². The number of hydrogen-bond donors (Lipinski definition) is 1. The highest BCUT2D eigenvalue weighted by molar-refractivity contribution is 5.96. The zero-order valence-corrected chi connectivity index (χ0v) is 17.8. The van der Waals surface area contributed by atoms with Crippen LogP contribution in [0, 0.1) is 6.92 Å². The highest BCUT2D eigenvalue weighted by Crippen LogP contribution is 2.28. The van der Waals surface area contributed by atoms with E-state index in [9.17, 15) is 18.0 Å². The molecule has 3 aromatic rings. The number of alkyl halides is 3. The highest BCUT2D eigenvalue weighted by Gasteiger charge is 2.31. The summed E-state index contributed by atoms with van der Waals surface area (Å²) in [6.07, 6.45) is 0.549. The Morgan fingerprint density at radius 3 is 2.38 bits per heavy atom. The van der Waals surface area contributed by atoms with Crippen molar-refractivity contribution in [2.24, 2.45) is 0 Å². The van der Waals surface area contributed by atoms with Crippen LogP contribution in [0.5, 0.6) is 0 Å². The number of aryl methyl sites for hydroxylation is 1. The molecule has 0 aromatic carbocycles. The quantitative estimate of drug-likeness (QED) is 0.565. The second-order valence-electron chi connectivity index (χ2n) is 6.97. The minimum absolute atomic E-state index is 0.0510. The summed E-state index contributed by atoms with van der Waals surface area (Å²) in [6.45, 7) is 6.19. The second kappa shape index (κ2) is 9.71. The summed E-state index contributed by atoms with van der Waals surface area (Å²) in [5.74, 6) is -0.249. The lowest BCUT2D eigenvalue weighted by molar-refractivity contribution is -0.138. The van der Waals surface area contributed by atoms with Crippen molar-refractivity contribution in [3.63, 3.8) is 0 Å². The number of rotatable bonds is 8. The molecule has 3 heterocycles. The van der Waals surface area contributed by atoms with Gasteiger partial charge in [0.2, 0.25) is 5.95 Å². The molecule has 0 spiro atoms. The summed E-state index contributed by atoms with van der Waals surface area (Å²) >= 11 is 0. The predicted molar refractivity (Wildman–Crippen MR) is 110 cm³/mol. The number of pyridine rings is 1. The van der Waals surface area contributed by atoms with E-state index in [4.69, 9.17) is 0 Å². The van der Waals surface area contributed by atoms with Crippen LogP contribution in [0.1, 0.15) is 42.0 Å². The molecule has 170 valence electrons. The first-order chi connectivity index (χ1) is 15.2. The summed E-state index contributed by atoms with van der Waals surface area (Å²) in [6, 6.07) is 3.23. The Morgan fingerprint density at radius 1 is 1.16 bits per heavy atom.